The van der Waals surface area contributed by atoms with Crippen LogP contribution in [-0.2, 0) is 14.8 Å². The van der Waals surface area contributed by atoms with E-state index < -0.39 is 10.0 Å². The molecule has 6 nitrogen and oxygen atoms in total. The van der Waals surface area contributed by atoms with Gasteiger partial charge in [0.05, 0.1) is 4.90 Å². The van der Waals surface area contributed by atoms with E-state index in [9.17, 15) is 13.2 Å². The number of benzene rings is 2. The van der Waals surface area contributed by atoms with Crippen LogP contribution in [0.25, 0.3) is 0 Å². The Morgan fingerprint density at radius 3 is 2.22 bits per heavy atom. The number of nitrogens with zero attached hydrogens (tertiary/aromatic N) is 3. The van der Waals surface area contributed by atoms with Crippen molar-refractivity contribution < 1.29 is 13.2 Å². The summed E-state index contributed by atoms with van der Waals surface area (Å²) in [6.07, 6.45) is 1.52. The van der Waals surface area contributed by atoms with Crippen LogP contribution in [0, 0.1) is 0 Å². The summed E-state index contributed by atoms with van der Waals surface area (Å²) in [5, 5.41) is 1.94. The fourth-order valence-electron chi connectivity index (χ4n) is 2.63. The van der Waals surface area contributed by atoms with Gasteiger partial charge < -0.3 is 4.90 Å². The number of hydrogen-bond donors (Lipinski definition) is 0. The first-order chi connectivity index (χ1) is 13.0. The van der Waals surface area contributed by atoms with E-state index in [0.717, 1.165) is 9.99 Å². The molecule has 8 heteroatoms. The zero-order chi connectivity index (χ0) is 19.3. The molecule has 0 atom stereocenters. The number of rotatable bonds is 7. The maximum atomic E-state index is 13.1. The van der Waals surface area contributed by atoms with Gasteiger partial charge in [0.25, 0.3) is 10.0 Å². The lowest BCUT2D eigenvalue weighted by atomic mass is 10.3. The number of sulfonamides is 1. The van der Waals surface area contributed by atoms with Crippen molar-refractivity contribution in [1.29, 1.82) is 0 Å². The number of anilines is 2. The zero-order valence-corrected chi connectivity index (χ0v) is 16.4. The second kappa shape index (κ2) is 8.32. The largest absolute Gasteiger partial charge is 0.311 e. The molecule has 0 spiro atoms. The minimum Gasteiger partial charge on any atom is -0.311 e. The van der Waals surface area contributed by atoms with Crippen LogP contribution < -0.4 is 9.21 Å². The molecule has 140 valence electrons. The molecule has 3 rings (SSSR count). The van der Waals surface area contributed by atoms with E-state index in [1.165, 1.54) is 29.7 Å². The summed E-state index contributed by atoms with van der Waals surface area (Å²) < 4.78 is 27.3. The first-order valence-electron chi connectivity index (χ1n) is 8.36. The molecule has 27 heavy (non-hydrogen) atoms. The van der Waals surface area contributed by atoms with Crippen LogP contribution in [0.4, 0.5) is 10.8 Å². The number of para-hydroxylation sites is 1. The third-order valence-electron chi connectivity index (χ3n) is 3.93. The summed E-state index contributed by atoms with van der Waals surface area (Å²) >= 11 is 1.17. The van der Waals surface area contributed by atoms with Crippen molar-refractivity contribution >= 4 is 38.1 Å². The van der Waals surface area contributed by atoms with E-state index in [-0.39, 0.29) is 22.5 Å². The number of aromatic nitrogens is 1. The smallest absolute Gasteiger partial charge is 0.266 e. The molecule has 0 N–H and O–H groups in total. The maximum absolute atomic E-state index is 13.1. The summed E-state index contributed by atoms with van der Waals surface area (Å²) in [7, 11) is -3.91. The SMILES string of the molecule is CCN(C(=O)CN(c1nccs1)S(=O)(=O)c1ccccc1)c1ccccc1. The van der Waals surface area contributed by atoms with Crippen molar-refractivity contribution in [2.24, 2.45) is 0 Å². The van der Waals surface area contributed by atoms with Gasteiger partial charge in [-0.2, -0.15) is 0 Å². The standard InChI is InChI=1S/C19H19N3O3S2/c1-2-21(16-9-5-3-6-10-16)18(23)15-22(19-20-13-14-26-19)27(24,25)17-11-7-4-8-12-17/h3-14H,2,15H2,1H3. The van der Waals surface area contributed by atoms with E-state index in [4.69, 9.17) is 0 Å². The molecule has 0 unspecified atom stereocenters. The topological polar surface area (TPSA) is 70.6 Å². The molecule has 0 aliphatic rings. The monoisotopic (exact) mass is 401 g/mol. The van der Waals surface area contributed by atoms with Crippen LogP contribution >= 0.6 is 11.3 Å². The average Bonchev–Trinajstić information content (AvgIpc) is 3.22. The van der Waals surface area contributed by atoms with Crippen molar-refractivity contribution in [2.45, 2.75) is 11.8 Å². The summed E-state index contributed by atoms with van der Waals surface area (Å²) in [5.41, 5.74) is 0.723. The third kappa shape index (κ3) is 4.17. The highest BCUT2D eigenvalue weighted by molar-refractivity contribution is 7.93. The van der Waals surface area contributed by atoms with Crippen LogP contribution in [0.1, 0.15) is 6.92 Å². The molecule has 0 radical (unpaired) electrons. The summed E-state index contributed by atoms with van der Waals surface area (Å²) in [4.78, 5) is 18.7. The van der Waals surface area contributed by atoms with Crippen LogP contribution in [0.5, 0.6) is 0 Å². The molecule has 0 fully saturated rings. The number of hydrogen-bond acceptors (Lipinski definition) is 5. The highest BCUT2D eigenvalue weighted by atomic mass is 32.2. The number of carbonyl (C=O) groups excluding carboxylic acids is 1. The van der Waals surface area contributed by atoms with Crippen LogP contribution in [0.3, 0.4) is 0 Å². The van der Waals surface area contributed by atoms with Gasteiger partial charge in [-0.05, 0) is 31.2 Å². The number of thiazole rings is 1. The van der Waals surface area contributed by atoms with E-state index in [1.54, 1.807) is 28.5 Å². The van der Waals surface area contributed by atoms with E-state index in [1.807, 2.05) is 37.3 Å². The molecular weight excluding hydrogens is 382 g/mol. The fourth-order valence-corrected chi connectivity index (χ4v) is 4.89. The van der Waals surface area contributed by atoms with Gasteiger partial charge in [-0.25, -0.2) is 17.7 Å². The normalized spacial score (nSPS) is 11.1. The quantitative estimate of drug-likeness (QED) is 0.608. The van der Waals surface area contributed by atoms with Crippen molar-refractivity contribution in [3.05, 3.63) is 72.2 Å². The lowest BCUT2D eigenvalue weighted by Crippen LogP contribution is -2.43. The Bertz CT molecular complexity index is 976. The van der Waals surface area contributed by atoms with Crippen LogP contribution in [-0.4, -0.2) is 32.4 Å². The van der Waals surface area contributed by atoms with Gasteiger partial charge in [-0.1, -0.05) is 36.4 Å². The maximum Gasteiger partial charge on any atom is 0.266 e. The van der Waals surface area contributed by atoms with Crippen molar-refractivity contribution in [3.63, 3.8) is 0 Å². The minimum absolute atomic E-state index is 0.121. The first kappa shape index (κ1) is 19.1. The molecule has 0 aliphatic carbocycles. The van der Waals surface area contributed by atoms with Gasteiger partial charge in [0.15, 0.2) is 5.13 Å². The van der Waals surface area contributed by atoms with Gasteiger partial charge >= 0.3 is 0 Å². The number of carbonyl (C=O) groups is 1. The van der Waals surface area contributed by atoms with Gasteiger partial charge in [0.2, 0.25) is 5.91 Å². The average molecular weight is 402 g/mol. The van der Waals surface area contributed by atoms with Crippen LogP contribution in [0.15, 0.2) is 77.1 Å². The highest BCUT2D eigenvalue weighted by Crippen LogP contribution is 2.26. The Labute approximate surface area is 162 Å². The number of amides is 1. The van der Waals surface area contributed by atoms with E-state index in [2.05, 4.69) is 4.98 Å². The molecule has 0 saturated carbocycles. The Balaban J connectivity index is 1.94. The molecule has 2 aromatic carbocycles. The first-order valence-corrected chi connectivity index (χ1v) is 10.7. The van der Waals surface area contributed by atoms with Gasteiger partial charge in [0, 0.05) is 23.8 Å². The Morgan fingerprint density at radius 1 is 1.04 bits per heavy atom. The number of likely N-dealkylation sites (N-methyl/N-ethyl adjacent to an activating group) is 1. The molecule has 3 aromatic rings. The molecule has 1 aromatic heterocycles. The molecular formula is C19H19N3O3S2. The van der Waals surface area contributed by atoms with E-state index in [0.29, 0.717) is 6.54 Å². The summed E-state index contributed by atoms with van der Waals surface area (Å²) in [6.45, 7) is 1.96. The van der Waals surface area contributed by atoms with Gasteiger partial charge in [0.1, 0.15) is 6.54 Å². The fraction of sp³-hybridized carbons (Fsp3) is 0.158. The van der Waals surface area contributed by atoms with Crippen molar-refractivity contribution in [2.75, 3.05) is 22.3 Å². The van der Waals surface area contributed by atoms with Crippen LogP contribution in [0.2, 0.25) is 0 Å². The van der Waals surface area contributed by atoms with Crippen molar-refractivity contribution in [1.82, 2.24) is 4.98 Å². The lowest BCUT2D eigenvalue weighted by molar-refractivity contribution is -0.117. The second-order valence-corrected chi connectivity index (χ2v) is 8.35. The third-order valence-corrected chi connectivity index (χ3v) is 6.59. The summed E-state index contributed by atoms with van der Waals surface area (Å²) in [6, 6.07) is 17.2. The Hall–Kier alpha value is -2.71. The molecule has 1 amide bonds. The second-order valence-electron chi connectivity index (χ2n) is 5.61. The summed E-state index contributed by atoms with van der Waals surface area (Å²) in [5.74, 6) is -0.321. The molecule has 1 heterocycles. The molecule has 0 saturated heterocycles. The van der Waals surface area contributed by atoms with Crippen molar-refractivity contribution in [3.8, 4) is 0 Å². The Kier molecular flexibility index (Phi) is 5.88. The lowest BCUT2D eigenvalue weighted by Gasteiger charge is -2.26. The minimum atomic E-state index is -3.91. The Morgan fingerprint density at radius 2 is 1.67 bits per heavy atom. The van der Waals surface area contributed by atoms with Gasteiger partial charge in [-0.3, -0.25) is 4.79 Å². The zero-order valence-electron chi connectivity index (χ0n) is 14.7. The highest BCUT2D eigenvalue weighted by Gasteiger charge is 2.30. The molecule has 0 aliphatic heterocycles. The predicted octanol–water partition coefficient (Wildman–Crippen LogP) is 3.39. The predicted molar refractivity (Wildman–Crippen MR) is 108 cm³/mol. The van der Waals surface area contributed by atoms with E-state index >= 15 is 0 Å². The molecule has 0 bridgehead atoms. The van der Waals surface area contributed by atoms with Gasteiger partial charge in [-0.15, -0.1) is 11.3 Å².